The molecule has 0 saturated carbocycles. The topological polar surface area (TPSA) is 18.5 Å². The lowest BCUT2D eigenvalue weighted by Crippen LogP contribution is -2.03. The molecule has 0 fully saturated rings. The lowest BCUT2D eigenvalue weighted by molar-refractivity contribution is 0.296. The summed E-state index contributed by atoms with van der Waals surface area (Å²) in [6.07, 6.45) is 18.1. The van der Waals surface area contributed by atoms with E-state index in [1.807, 2.05) is 0 Å². The highest BCUT2D eigenvalue weighted by Gasteiger charge is 2.10. The summed E-state index contributed by atoms with van der Waals surface area (Å²) in [7, 11) is 0. The van der Waals surface area contributed by atoms with Crippen LogP contribution >= 0.6 is 45.2 Å². The van der Waals surface area contributed by atoms with Gasteiger partial charge in [-0.25, -0.2) is 0 Å². The molecule has 3 aromatic rings. The van der Waals surface area contributed by atoms with Crippen LogP contribution in [0.4, 0.5) is 0 Å². The number of hydrogen-bond donors (Lipinski definition) is 0. The highest BCUT2D eigenvalue weighted by Crippen LogP contribution is 2.33. The van der Waals surface area contributed by atoms with Crippen LogP contribution in [0.25, 0.3) is 24.3 Å². The van der Waals surface area contributed by atoms with Gasteiger partial charge in [0.1, 0.15) is 11.5 Å². The van der Waals surface area contributed by atoms with Crippen LogP contribution < -0.4 is 9.47 Å². The smallest absolute Gasteiger partial charge is 0.127 e. The zero-order valence-electron chi connectivity index (χ0n) is 22.7. The lowest BCUT2D eigenvalue weighted by Gasteiger charge is -2.15. The Labute approximate surface area is 257 Å². The van der Waals surface area contributed by atoms with Gasteiger partial charge in [-0.15, -0.1) is 0 Å². The first-order valence-electron chi connectivity index (χ1n) is 13.9. The van der Waals surface area contributed by atoms with Crippen LogP contribution in [0, 0.1) is 7.14 Å². The zero-order valence-corrected chi connectivity index (χ0v) is 27.0. The minimum absolute atomic E-state index is 0.724. The van der Waals surface area contributed by atoms with E-state index in [2.05, 4.69) is 144 Å². The van der Waals surface area contributed by atoms with Gasteiger partial charge in [0.05, 0.1) is 13.2 Å². The average Bonchev–Trinajstić information content (AvgIpc) is 2.93. The molecular formula is C34H40I2O2. The maximum absolute atomic E-state index is 6.37. The molecular weight excluding hydrogens is 694 g/mol. The van der Waals surface area contributed by atoms with Gasteiger partial charge >= 0.3 is 0 Å². The first kappa shape index (κ1) is 30.7. The van der Waals surface area contributed by atoms with Crippen LogP contribution in [0.5, 0.6) is 11.5 Å². The average molecular weight is 735 g/mol. The van der Waals surface area contributed by atoms with Gasteiger partial charge in [0.15, 0.2) is 0 Å². The van der Waals surface area contributed by atoms with Crippen LogP contribution in [0.1, 0.15) is 87.5 Å². The van der Waals surface area contributed by atoms with Crippen molar-refractivity contribution in [3.8, 4) is 11.5 Å². The Bertz CT molecular complexity index is 1060. The molecule has 0 unspecified atom stereocenters. The molecule has 0 N–H and O–H groups in total. The quantitative estimate of drug-likeness (QED) is 0.0829. The van der Waals surface area contributed by atoms with Gasteiger partial charge in [-0.3, -0.25) is 0 Å². The molecule has 0 bridgehead atoms. The molecule has 0 amide bonds. The highest BCUT2D eigenvalue weighted by molar-refractivity contribution is 14.1. The third kappa shape index (κ3) is 11.1. The van der Waals surface area contributed by atoms with Crippen LogP contribution in [-0.4, -0.2) is 13.2 Å². The molecule has 4 heteroatoms. The Morgan fingerprint density at radius 2 is 0.921 bits per heavy atom. The summed E-state index contributed by atoms with van der Waals surface area (Å²) in [6, 6.07) is 21.4. The Morgan fingerprint density at radius 3 is 1.29 bits per heavy atom. The maximum Gasteiger partial charge on any atom is 0.127 e. The third-order valence-corrected chi connectivity index (χ3v) is 7.74. The summed E-state index contributed by atoms with van der Waals surface area (Å²) in [4.78, 5) is 0. The van der Waals surface area contributed by atoms with Crippen molar-refractivity contribution < 1.29 is 9.47 Å². The van der Waals surface area contributed by atoms with Crippen LogP contribution in [0.3, 0.4) is 0 Å². The SMILES string of the molecule is CCCCCCOc1cc(C=Cc2ccc(I)cc2)c(OCCCCCC)cc1C=Cc1ccc(I)cc1. The van der Waals surface area contributed by atoms with Gasteiger partial charge in [0, 0.05) is 18.3 Å². The molecule has 0 atom stereocenters. The van der Waals surface area contributed by atoms with E-state index in [1.54, 1.807) is 0 Å². The normalized spacial score (nSPS) is 11.5. The van der Waals surface area contributed by atoms with E-state index in [4.69, 9.17) is 9.47 Å². The predicted molar refractivity (Wildman–Crippen MR) is 182 cm³/mol. The van der Waals surface area contributed by atoms with Crippen LogP contribution in [0.2, 0.25) is 0 Å². The molecule has 0 spiro atoms. The second kappa shape index (κ2) is 17.7. The highest BCUT2D eigenvalue weighted by atomic mass is 127. The largest absolute Gasteiger partial charge is 0.493 e. The molecule has 3 aromatic carbocycles. The van der Waals surface area contributed by atoms with E-state index >= 15 is 0 Å². The third-order valence-electron chi connectivity index (χ3n) is 6.30. The number of hydrogen-bond acceptors (Lipinski definition) is 2. The van der Waals surface area contributed by atoms with Crippen molar-refractivity contribution in [3.63, 3.8) is 0 Å². The number of rotatable bonds is 16. The van der Waals surface area contributed by atoms with Crippen molar-refractivity contribution in [2.75, 3.05) is 13.2 Å². The van der Waals surface area contributed by atoms with Crippen molar-refractivity contribution in [2.45, 2.75) is 65.2 Å². The van der Waals surface area contributed by atoms with E-state index < -0.39 is 0 Å². The second-order valence-electron chi connectivity index (χ2n) is 9.52. The van der Waals surface area contributed by atoms with E-state index in [9.17, 15) is 0 Å². The van der Waals surface area contributed by atoms with Crippen molar-refractivity contribution >= 4 is 69.5 Å². The van der Waals surface area contributed by atoms with Crippen molar-refractivity contribution in [3.05, 3.63) is 90.1 Å². The van der Waals surface area contributed by atoms with Crippen LogP contribution in [0.15, 0.2) is 60.7 Å². The molecule has 0 heterocycles. The van der Waals surface area contributed by atoms with E-state index in [1.165, 1.54) is 56.8 Å². The van der Waals surface area contributed by atoms with Crippen LogP contribution in [-0.2, 0) is 0 Å². The molecule has 2 nitrogen and oxygen atoms in total. The molecule has 0 aliphatic rings. The minimum atomic E-state index is 0.724. The molecule has 38 heavy (non-hydrogen) atoms. The lowest BCUT2D eigenvalue weighted by atomic mass is 10.0. The number of ether oxygens (including phenoxy) is 2. The van der Waals surface area contributed by atoms with Gasteiger partial charge in [0.25, 0.3) is 0 Å². The van der Waals surface area contributed by atoms with Gasteiger partial charge in [-0.2, -0.15) is 0 Å². The molecule has 3 rings (SSSR count). The van der Waals surface area contributed by atoms with E-state index in [0.29, 0.717) is 0 Å². The number of unbranched alkanes of at least 4 members (excludes halogenated alkanes) is 6. The van der Waals surface area contributed by atoms with E-state index in [0.717, 1.165) is 48.7 Å². The Kier molecular flexibility index (Phi) is 14.3. The van der Waals surface area contributed by atoms with Gasteiger partial charge < -0.3 is 9.47 Å². The van der Waals surface area contributed by atoms with Crippen molar-refractivity contribution in [1.82, 2.24) is 0 Å². The number of halogens is 2. The Balaban J connectivity index is 1.91. The maximum atomic E-state index is 6.37. The second-order valence-corrected chi connectivity index (χ2v) is 12.0. The summed E-state index contributed by atoms with van der Waals surface area (Å²) in [5, 5.41) is 0. The van der Waals surface area contributed by atoms with Gasteiger partial charge in [-0.1, -0.05) is 101 Å². The molecule has 0 aliphatic carbocycles. The monoisotopic (exact) mass is 734 g/mol. The fourth-order valence-electron chi connectivity index (χ4n) is 4.04. The minimum Gasteiger partial charge on any atom is -0.493 e. The molecule has 202 valence electrons. The Morgan fingerprint density at radius 1 is 0.526 bits per heavy atom. The zero-order chi connectivity index (χ0) is 27.0. The number of benzene rings is 3. The molecule has 0 aromatic heterocycles. The van der Waals surface area contributed by atoms with E-state index in [-0.39, 0.29) is 0 Å². The van der Waals surface area contributed by atoms with Gasteiger partial charge in [0.2, 0.25) is 0 Å². The first-order valence-corrected chi connectivity index (χ1v) is 16.1. The first-order chi connectivity index (χ1) is 18.6. The van der Waals surface area contributed by atoms with Crippen molar-refractivity contribution in [1.29, 1.82) is 0 Å². The summed E-state index contributed by atoms with van der Waals surface area (Å²) in [5.74, 6) is 1.81. The fourth-order valence-corrected chi connectivity index (χ4v) is 4.76. The van der Waals surface area contributed by atoms with Crippen molar-refractivity contribution in [2.24, 2.45) is 0 Å². The molecule has 0 saturated heterocycles. The Hall–Kier alpha value is -1.80. The summed E-state index contributed by atoms with van der Waals surface area (Å²) >= 11 is 4.68. The summed E-state index contributed by atoms with van der Waals surface area (Å²) < 4.78 is 15.2. The van der Waals surface area contributed by atoms with Gasteiger partial charge in [-0.05, 0) is 106 Å². The summed E-state index contributed by atoms with van der Waals surface area (Å²) in [6.45, 7) is 5.92. The predicted octanol–water partition coefficient (Wildman–Crippen LogP) is 11.2. The fraction of sp³-hybridized carbons (Fsp3) is 0.353. The molecule has 0 radical (unpaired) electrons. The molecule has 0 aliphatic heterocycles. The summed E-state index contributed by atoms with van der Waals surface area (Å²) in [5.41, 5.74) is 4.44. The standard InChI is InChI=1S/C34H40I2O2/c1-3-5-7-9-23-37-33-25-30(18-12-28-15-21-32(36)22-16-28)34(38-24-10-8-6-4-2)26-29(33)17-11-27-13-19-31(35)20-14-27/h11-22,25-26H,3-10,23-24H2,1-2H3.